The summed E-state index contributed by atoms with van der Waals surface area (Å²) in [7, 11) is 0. The number of carbonyl (C=O) groups is 3. The van der Waals surface area contributed by atoms with E-state index in [-0.39, 0.29) is 31.2 Å². The molecule has 1 fully saturated rings. The molecule has 0 aromatic rings. The minimum atomic E-state index is -0.868. The molecule has 0 aromatic heterocycles. The van der Waals surface area contributed by atoms with E-state index in [0.29, 0.717) is 26.1 Å². The molecule has 1 atom stereocenters. The molecule has 0 aromatic carbocycles. The van der Waals surface area contributed by atoms with Crippen LogP contribution in [-0.4, -0.2) is 58.9 Å². The third-order valence-corrected chi connectivity index (χ3v) is 3.56. The topological polar surface area (TPSA) is 77.9 Å². The normalized spacial score (nSPS) is 19.4. The van der Waals surface area contributed by atoms with Crippen LogP contribution >= 0.6 is 0 Å². The fourth-order valence-corrected chi connectivity index (χ4v) is 2.30. The Bertz CT molecular complexity index is 353. The van der Waals surface area contributed by atoms with E-state index in [4.69, 9.17) is 5.11 Å². The second-order valence-corrected chi connectivity index (χ2v) is 4.73. The number of nitrogens with zero attached hydrogens (tertiary/aromatic N) is 2. The predicted octanol–water partition coefficient (Wildman–Crippen LogP) is 0.568. The number of hydrogen-bond donors (Lipinski definition) is 1. The Labute approximate surface area is 113 Å². The van der Waals surface area contributed by atoms with Crippen molar-refractivity contribution >= 4 is 17.8 Å². The molecular formula is C13H22N2O4. The summed E-state index contributed by atoms with van der Waals surface area (Å²) in [5.41, 5.74) is 0. The zero-order valence-electron chi connectivity index (χ0n) is 11.6. The summed E-state index contributed by atoms with van der Waals surface area (Å²) >= 11 is 0. The Morgan fingerprint density at radius 2 is 2.00 bits per heavy atom. The first-order valence-electron chi connectivity index (χ1n) is 6.77. The Kier molecular flexibility index (Phi) is 5.79. The van der Waals surface area contributed by atoms with Gasteiger partial charge in [-0.05, 0) is 20.3 Å². The first-order chi connectivity index (χ1) is 8.99. The lowest BCUT2D eigenvalue weighted by Gasteiger charge is -2.31. The highest BCUT2D eigenvalue weighted by Gasteiger charge is 2.30. The molecule has 1 heterocycles. The fraction of sp³-hybridized carbons (Fsp3) is 0.769. The van der Waals surface area contributed by atoms with Crippen molar-refractivity contribution in [3.05, 3.63) is 0 Å². The van der Waals surface area contributed by atoms with Gasteiger partial charge in [-0.25, -0.2) is 0 Å². The summed E-state index contributed by atoms with van der Waals surface area (Å²) in [6.45, 7) is 5.67. The molecule has 1 unspecified atom stereocenters. The third kappa shape index (κ3) is 4.22. The zero-order chi connectivity index (χ0) is 14.4. The highest BCUT2D eigenvalue weighted by Crippen LogP contribution is 2.18. The van der Waals surface area contributed by atoms with E-state index in [0.717, 1.165) is 0 Å². The highest BCUT2D eigenvalue weighted by molar-refractivity contribution is 5.81. The van der Waals surface area contributed by atoms with Gasteiger partial charge < -0.3 is 14.9 Å². The van der Waals surface area contributed by atoms with Gasteiger partial charge in [0.1, 0.15) is 0 Å². The number of amides is 2. The van der Waals surface area contributed by atoms with E-state index in [9.17, 15) is 14.4 Å². The first kappa shape index (κ1) is 15.5. The van der Waals surface area contributed by atoms with Crippen LogP contribution in [0.25, 0.3) is 0 Å². The van der Waals surface area contributed by atoms with Crippen molar-refractivity contribution < 1.29 is 19.5 Å². The molecule has 2 amide bonds. The van der Waals surface area contributed by atoms with Gasteiger partial charge in [0.2, 0.25) is 11.8 Å². The predicted molar refractivity (Wildman–Crippen MR) is 69.5 cm³/mol. The van der Waals surface area contributed by atoms with Crippen molar-refractivity contribution in [2.24, 2.45) is 5.92 Å². The number of carbonyl (C=O) groups excluding carboxylic acids is 2. The molecule has 0 spiro atoms. The van der Waals surface area contributed by atoms with Gasteiger partial charge in [-0.15, -0.1) is 0 Å². The van der Waals surface area contributed by atoms with Gasteiger partial charge in [0.25, 0.3) is 0 Å². The fourth-order valence-electron chi connectivity index (χ4n) is 2.30. The molecule has 0 saturated carbocycles. The van der Waals surface area contributed by atoms with E-state index in [1.165, 1.54) is 4.90 Å². The second kappa shape index (κ2) is 7.11. The van der Waals surface area contributed by atoms with Crippen LogP contribution in [-0.2, 0) is 14.4 Å². The minimum absolute atomic E-state index is 0.00949. The van der Waals surface area contributed by atoms with E-state index in [1.54, 1.807) is 4.90 Å². The third-order valence-electron chi connectivity index (χ3n) is 3.56. The Balaban J connectivity index is 2.48. The average Bonchev–Trinajstić information content (AvgIpc) is 2.38. The number of carboxylic acid groups (broad SMARTS) is 1. The number of rotatable bonds is 6. The maximum absolute atomic E-state index is 11.8. The van der Waals surface area contributed by atoms with Gasteiger partial charge >= 0.3 is 5.97 Å². The van der Waals surface area contributed by atoms with Crippen LogP contribution in [0, 0.1) is 5.92 Å². The monoisotopic (exact) mass is 270 g/mol. The Hall–Kier alpha value is -1.59. The number of piperidine rings is 1. The van der Waals surface area contributed by atoms with Gasteiger partial charge in [0.05, 0.1) is 5.92 Å². The molecule has 108 valence electrons. The molecule has 1 aliphatic rings. The molecule has 0 bridgehead atoms. The van der Waals surface area contributed by atoms with Crippen LogP contribution in [0.4, 0.5) is 0 Å². The molecule has 1 rings (SSSR count). The number of aliphatic carboxylic acids is 1. The van der Waals surface area contributed by atoms with Gasteiger partial charge in [-0.2, -0.15) is 0 Å². The zero-order valence-corrected chi connectivity index (χ0v) is 11.6. The number of hydrogen-bond acceptors (Lipinski definition) is 3. The Morgan fingerprint density at radius 1 is 1.37 bits per heavy atom. The highest BCUT2D eigenvalue weighted by atomic mass is 16.4. The minimum Gasteiger partial charge on any atom is -0.481 e. The van der Waals surface area contributed by atoms with Gasteiger partial charge in [0, 0.05) is 39.0 Å². The van der Waals surface area contributed by atoms with Crippen LogP contribution in [0.3, 0.4) is 0 Å². The second-order valence-electron chi connectivity index (χ2n) is 4.73. The van der Waals surface area contributed by atoms with E-state index >= 15 is 0 Å². The lowest BCUT2D eigenvalue weighted by molar-refractivity contribution is -0.147. The van der Waals surface area contributed by atoms with E-state index in [2.05, 4.69) is 0 Å². The van der Waals surface area contributed by atoms with Crippen LogP contribution < -0.4 is 0 Å². The number of likely N-dealkylation sites (tertiary alicyclic amines) is 1. The molecule has 1 saturated heterocycles. The van der Waals surface area contributed by atoms with Crippen molar-refractivity contribution in [1.82, 2.24) is 9.80 Å². The number of carboxylic acids is 1. The molecule has 0 radical (unpaired) electrons. The van der Waals surface area contributed by atoms with Gasteiger partial charge in [0.15, 0.2) is 0 Å². The van der Waals surface area contributed by atoms with Crippen LogP contribution in [0.1, 0.15) is 33.1 Å². The van der Waals surface area contributed by atoms with Crippen molar-refractivity contribution in [2.75, 3.05) is 26.2 Å². The summed E-state index contributed by atoms with van der Waals surface area (Å²) in [6, 6.07) is 0. The summed E-state index contributed by atoms with van der Waals surface area (Å²) < 4.78 is 0. The summed E-state index contributed by atoms with van der Waals surface area (Å²) in [5, 5.41) is 8.97. The maximum atomic E-state index is 11.8. The molecule has 19 heavy (non-hydrogen) atoms. The molecule has 6 heteroatoms. The maximum Gasteiger partial charge on any atom is 0.308 e. The van der Waals surface area contributed by atoms with Crippen LogP contribution in [0.2, 0.25) is 0 Å². The van der Waals surface area contributed by atoms with Crippen molar-refractivity contribution in [3.8, 4) is 0 Å². The van der Waals surface area contributed by atoms with Crippen LogP contribution in [0.15, 0.2) is 0 Å². The van der Waals surface area contributed by atoms with Crippen LogP contribution in [0.5, 0.6) is 0 Å². The van der Waals surface area contributed by atoms with Crippen molar-refractivity contribution in [2.45, 2.75) is 33.1 Å². The average molecular weight is 270 g/mol. The standard InChI is InChI=1S/C13H22N2O4/c1-3-14(4-2)12(17)7-8-15-9-10(13(18)19)5-6-11(15)16/h10H,3-9H2,1-2H3,(H,18,19). The van der Waals surface area contributed by atoms with E-state index in [1.807, 2.05) is 13.8 Å². The van der Waals surface area contributed by atoms with Gasteiger partial charge in [-0.3, -0.25) is 14.4 Å². The summed E-state index contributed by atoms with van der Waals surface area (Å²) in [4.78, 5) is 37.7. The molecular weight excluding hydrogens is 248 g/mol. The lowest BCUT2D eigenvalue weighted by Crippen LogP contribution is -2.44. The van der Waals surface area contributed by atoms with Crippen molar-refractivity contribution in [1.29, 1.82) is 0 Å². The largest absolute Gasteiger partial charge is 0.481 e. The molecule has 6 nitrogen and oxygen atoms in total. The summed E-state index contributed by atoms with van der Waals surface area (Å²) in [5.74, 6) is -1.41. The molecule has 0 aliphatic carbocycles. The Morgan fingerprint density at radius 3 is 2.53 bits per heavy atom. The lowest BCUT2D eigenvalue weighted by atomic mass is 9.97. The van der Waals surface area contributed by atoms with E-state index < -0.39 is 11.9 Å². The smallest absolute Gasteiger partial charge is 0.308 e. The SMILES string of the molecule is CCN(CC)C(=O)CCN1CC(C(=O)O)CCC1=O. The van der Waals surface area contributed by atoms with Gasteiger partial charge in [-0.1, -0.05) is 0 Å². The first-order valence-corrected chi connectivity index (χ1v) is 6.77. The quantitative estimate of drug-likeness (QED) is 0.765. The van der Waals surface area contributed by atoms with Crippen molar-refractivity contribution in [3.63, 3.8) is 0 Å². The summed E-state index contributed by atoms with van der Waals surface area (Å²) in [6.07, 6.45) is 0.921. The molecule has 1 aliphatic heterocycles. The molecule has 1 N–H and O–H groups in total.